The van der Waals surface area contributed by atoms with Gasteiger partial charge in [-0.1, -0.05) is 13.2 Å². The van der Waals surface area contributed by atoms with Crippen molar-refractivity contribution in [3.05, 3.63) is 25.3 Å². The van der Waals surface area contributed by atoms with Gasteiger partial charge in [0.15, 0.2) is 14.1 Å². The molecule has 0 saturated heterocycles. The van der Waals surface area contributed by atoms with Gasteiger partial charge in [0.05, 0.1) is 0 Å². The first kappa shape index (κ1) is 11.4. The smallest absolute Gasteiger partial charge is 0.240 e. The van der Waals surface area contributed by atoms with Gasteiger partial charge in [0.2, 0.25) is 0 Å². The monoisotopic (exact) mass is 186 g/mol. The molecule has 0 N–H and O–H groups in total. The second-order valence-electron chi connectivity index (χ2n) is 2.48. The first-order chi connectivity index (χ1) is 5.91. The van der Waals surface area contributed by atoms with Crippen LogP contribution >= 0.6 is 0 Å². The van der Waals surface area contributed by atoms with E-state index in [1.165, 1.54) is 14.1 Å². The molecule has 0 atom stereocenters. The van der Waals surface area contributed by atoms with E-state index in [2.05, 4.69) is 22.8 Å². The zero-order chi connectivity index (χ0) is 10.5. The Bertz CT molecular complexity index is 221. The number of hydroxylamine groups is 4. The lowest BCUT2D eigenvalue weighted by Crippen LogP contribution is -2.42. The molecule has 0 aromatic heterocycles. The van der Waals surface area contributed by atoms with E-state index in [-0.39, 0.29) is 0 Å². The fourth-order valence-corrected chi connectivity index (χ4v) is 0.527. The average Bonchev–Trinajstić information content (AvgIpc) is 2.02. The highest BCUT2D eigenvalue weighted by Gasteiger charge is 2.25. The molecule has 0 heterocycles. The minimum absolute atomic E-state index is 0.657. The summed E-state index contributed by atoms with van der Waals surface area (Å²) in [4.78, 5) is 30.1. The highest BCUT2D eigenvalue weighted by Crippen LogP contribution is 2.02. The van der Waals surface area contributed by atoms with Crippen LogP contribution in [0.3, 0.4) is 0 Å². The number of rotatable bonds is 4. The molecule has 13 heavy (non-hydrogen) atoms. The normalized spacial score (nSPS) is 10.0. The Hall–Kier alpha value is -1.62. The van der Waals surface area contributed by atoms with Crippen LogP contribution in [0.1, 0.15) is 0 Å². The second kappa shape index (κ2) is 4.42. The van der Waals surface area contributed by atoms with Crippen LogP contribution in [0.25, 0.3) is 0 Å². The summed E-state index contributed by atoms with van der Waals surface area (Å²) in [6.07, 6.45) is 1.95. The van der Waals surface area contributed by atoms with Crippen molar-refractivity contribution in [2.75, 3.05) is 14.1 Å². The lowest BCUT2D eigenvalue weighted by molar-refractivity contribution is -1.20. The van der Waals surface area contributed by atoms with Gasteiger partial charge < -0.3 is 0 Å². The van der Waals surface area contributed by atoms with E-state index in [1.807, 2.05) is 0 Å². The minimum Gasteiger partial charge on any atom is -0.240 e. The van der Waals surface area contributed by atoms with Crippen LogP contribution in [0, 0.1) is 0 Å². The van der Waals surface area contributed by atoms with E-state index in [9.17, 15) is 9.59 Å². The van der Waals surface area contributed by atoms with Gasteiger partial charge in [0.1, 0.15) is 0 Å². The Morgan fingerprint density at radius 1 is 1.08 bits per heavy atom. The molecule has 0 unspecified atom stereocenters. The molecule has 0 aromatic carbocycles. The maximum Gasteiger partial charge on any atom is 0.395 e. The molecule has 5 nitrogen and oxygen atoms in total. The number of hydrogen-bond acceptors (Lipinski definition) is 4. The summed E-state index contributed by atoms with van der Waals surface area (Å²) in [6.45, 7) is 6.40. The molecule has 0 fully saturated rings. The van der Waals surface area contributed by atoms with Crippen molar-refractivity contribution in [1.82, 2.24) is 0 Å². The topological polar surface area (TPSA) is 52.6 Å². The zero-order valence-electron chi connectivity index (χ0n) is 7.65. The van der Waals surface area contributed by atoms with Crippen molar-refractivity contribution in [1.29, 1.82) is 0 Å². The second-order valence-corrected chi connectivity index (χ2v) is 2.48. The molecule has 0 amide bonds. The molecule has 5 heteroatoms. The molecule has 72 valence electrons. The molecular formula is C8H12NO4+. The van der Waals surface area contributed by atoms with E-state index in [0.717, 1.165) is 12.2 Å². The third-order valence-electron chi connectivity index (χ3n) is 0.953. The average molecular weight is 186 g/mol. The molecule has 0 aliphatic carbocycles. The largest absolute Gasteiger partial charge is 0.395 e. The van der Waals surface area contributed by atoms with Crippen molar-refractivity contribution in [2.45, 2.75) is 0 Å². The molecule has 0 aliphatic heterocycles. The van der Waals surface area contributed by atoms with Crippen molar-refractivity contribution in [3.63, 3.8) is 0 Å². The van der Waals surface area contributed by atoms with Crippen molar-refractivity contribution >= 4 is 11.9 Å². The Kier molecular flexibility index (Phi) is 3.87. The van der Waals surface area contributed by atoms with E-state index in [0.29, 0.717) is 0 Å². The Labute approximate surface area is 76.3 Å². The van der Waals surface area contributed by atoms with Gasteiger partial charge in [0.25, 0.3) is 0 Å². The van der Waals surface area contributed by atoms with Gasteiger partial charge in [-0.2, -0.15) is 0 Å². The third-order valence-corrected chi connectivity index (χ3v) is 0.953. The van der Waals surface area contributed by atoms with Gasteiger partial charge in [-0.25, -0.2) is 19.3 Å². The fourth-order valence-electron chi connectivity index (χ4n) is 0.527. The molecule has 0 saturated carbocycles. The van der Waals surface area contributed by atoms with Crippen LogP contribution in [-0.4, -0.2) is 30.8 Å². The Morgan fingerprint density at radius 2 is 1.38 bits per heavy atom. The highest BCUT2D eigenvalue weighted by atomic mass is 17.0. The van der Waals surface area contributed by atoms with Crippen LogP contribution in [0.2, 0.25) is 0 Å². The SMILES string of the molecule is C=CC(=O)O[N+](C)(C)OC(=O)C=C. The van der Waals surface area contributed by atoms with Crippen LogP contribution < -0.4 is 0 Å². The maximum absolute atomic E-state index is 10.7. The molecule has 0 aliphatic rings. The van der Waals surface area contributed by atoms with Gasteiger partial charge in [0, 0.05) is 17.0 Å². The lowest BCUT2D eigenvalue weighted by Gasteiger charge is -2.20. The summed E-state index contributed by atoms with van der Waals surface area (Å²) in [5, 5.41) is 0. The number of quaternary nitrogens is 1. The zero-order valence-corrected chi connectivity index (χ0v) is 7.65. The van der Waals surface area contributed by atoms with E-state index < -0.39 is 16.7 Å². The number of carbonyl (C=O) groups is 2. The summed E-state index contributed by atoms with van der Waals surface area (Å²) in [7, 11) is 2.76. The third kappa shape index (κ3) is 4.76. The highest BCUT2D eigenvalue weighted by molar-refractivity contribution is 5.81. The maximum atomic E-state index is 10.7. The van der Waals surface area contributed by atoms with Crippen LogP contribution in [0.5, 0.6) is 0 Å². The van der Waals surface area contributed by atoms with E-state index in [1.54, 1.807) is 0 Å². The van der Waals surface area contributed by atoms with Crippen molar-refractivity contribution in [2.24, 2.45) is 0 Å². The van der Waals surface area contributed by atoms with Crippen molar-refractivity contribution in [3.8, 4) is 0 Å². The molecule has 0 rings (SSSR count). The summed E-state index contributed by atoms with van der Waals surface area (Å²) >= 11 is 0. The van der Waals surface area contributed by atoms with Gasteiger partial charge in [-0.3, -0.25) is 0 Å². The van der Waals surface area contributed by atoms with Gasteiger partial charge in [-0.15, -0.1) is 0 Å². The molecular weight excluding hydrogens is 174 g/mol. The summed E-state index contributed by atoms with van der Waals surface area (Å²) in [5.41, 5.74) is 0. The summed E-state index contributed by atoms with van der Waals surface area (Å²) in [6, 6.07) is 0. The van der Waals surface area contributed by atoms with Gasteiger partial charge >= 0.3 is 11.9 Å². The van der Waals surface area contributed by atoms with Crippen LogP contribution in [0.4, 0.5) is 0 Å². The fraction of sp³-hybridized carbons (Fsp3) is 0.250. The minimum atomic E-state index is -0.679. The predicted octanol–water partition coefficient (Wildman–Crippen LogP) is 0.351. The van der Waals surface area contributed by atoms with Gasteiger partial charge in [-0.05, 0) is 0 Å². The molecule has 0 bridgehead atoms. The van der Waals surface area contributed by atoms with Crippen molar-refractivity contribution < 1.29 is 24.1 Å². The number of nitrogens with zero attached hydrogens (tertiary/aromatic N) is 1. The first-order valence-electron chi connectivity index (χ1n) is 3.47. The summed E-state index contributed by atoms with van der Waals surface area (Å²) in [5.74, 6) is -1.36. The lowest BCUT2D eigenvalue weighted by atomic mass is 10.7. The number of hydrogen-bond donors (Lipinski definition) is 0. The van der Waals surface area contributed by atoms with Crippen LogP contribution in [0.15, 0.2) is 25.3 Å². The van der Waals surface area contributed by atoms with E-state index >= 15 is 0 Å². The molecule has 0 spiro atoms. The summed E-state index contributed by atoms with van der Waals surface area (Å²) < 4.78 is 0. The van der Waals surface area contributed by atoms with Crippen LogP contribution in [-0.2, 0) is 19.3 Å². The standard InChI is InChI=1S/C8H12NO4/c1-5-7(10)12-9(3,4)13-8(11)6-2/h5-6H,1-2H2,3-4H3/q+1. The quantitative estimate of drug-likeness (QED) is 0.361. The number of carbonyl (C=O) groups excluding carboxylic acids is 2. The predicted molar refractivity (Wildman–Crippen MR) is 44.7 cm³/mol. The van der Waals surface area contributed by atoms with E-state index in [4.69, 9.17) is 0 Å². The Balaban J connectivity index is 4.22. The Morgan fingerprint density at radius 3 is 1.62 bits per heavy atom. The molecule has 0 radical (unpaired) electrons. The molecule has 0 aromatic rings. The first-order valence-corrected chi connectivity index (χ1v) is 3.47.